The minimum absolute atomic E-state index is 0.813. The lowest BCUT2D eigenvalue weighted by Gasteiger charge is -2.31. The second kappa shape index (κ2) is 6.01. The third-order valence-corrected chi connectivity index (χ3v) is 4.26. The predicted molar refractivity (Wildman–Crippen MR) is 77.5 cm³/mol. The van der Waals surface area contributed by atoms with Crippen molar-refractivity contribution in [1.82, 2.24) is 4.90 Å². The normalized spacial score (nSPS) is 17.9. The van der Waals surface area contributed by atoms with Crippen molar-refractivity contribution >= 4 is 22.6 Å². The van der Waals surface area contributed by atoms with Gasteiger partial charge in [-0.1, -0.05) is 31.4 Å². The minimum atomic E-state index is 0.813. The maximum absolute atomic E-state index is 2.53. The standard InChI is InChI=1S/C14H20IN/c1-16(14-5-3-2-4-6-14)11-12-7-9-13(15)10-8-12/h7-10,14H,2-6,11H2,1H3. The zero-order valence-corrected chi connectivity index (χ0v) is 12.1. The van der Waals surface area contributed by atoms with Crippen LogP contribution in [0.4, 0.5) is 0 Å². The molecule has 0 atom stereocenters. The maximum Gasteiger partial charge on any atom is 0.0233 e. The molecule has 0 spiro atoms. The Morgan fingerprint density at radius 3 is 2.38 bits per heavy atom. The van der Waals surface area contributed by atoms with E-state index in [0.29, 0.717) is 0 Å². The monoisotopic (exact) mass is 329 g/mol. The van der Waals surface area contributed by atoms with Crippen LogP contribution in [0.25, 0.3) is 0 Å². The fourth-order valence-corrected chi connectivity index (χ4v) is 2.89. The molecule has 0 bridgehead atoms. The molecule has 0 aliphatic heterocycles. The van der Waals surface area contributed by atoms with Gasteiger partial charge >= 0.3 is 0 Å². The number of rotatable bonds is 3. The fourth-order valence-electron chi connectivity index (χ4n) is 2.53. The largest absolute Gasteiger partial charge is 0.299 e. The Labute approximate surface area is 112 Å². The fraction of sp³-hybridized carbons (Fsp3) is 0.571. The topological polar surface area (TPSA) is 3.24 Å². The van der Waals surface area contributed by atoms with Crippen molar-refractivity contribution in [2.24, 2.45) is 0 Å². The first-order chi connectivity index (χ1) is 7.75. The van der Waals surface area contributed by atoms with Gasteiger partial charge in [0.2, 0.25) is 0 Å². The van der Waals surface area contributed by atoms with Crippen molar-refractivity contribution in [1.29, 1.82) is 0 Å². The highest BCUT2D eigenvalue weighted by molar-refractivity contribution is 14.1. The lowest BCUT2D eigenvalue weighted by atomic mass is 9.94. The van der Waals surface area contributed by atoms with Crippen LogP contribution in [0.1, 0.15) is 37.7 Å². The van der Waals surface area contributed by atoms with Gasteiger partial charge in [0.15, 0.2) is 0 Å². The van der Waals surface area contributed by atoms with E-state index < -0.39 is 0 Å². The molecule has 1 aromatic carbocycles. The van der Waals surface area contributed by atoms with E-state index in [1.807, 2.05) is 0 Å². The predicted octanol–water partition coefficient (Wildman–Crippen LogP) is 4.06. The molecule has 0 N–H and O–H groups in total. The van der Waals surface area contributed by atoms with Crippen LogP contribution >= 0.6 is 22.6 Å². The highest BCUT2D eigenvalue weighted by Crippen LogP contribution is 2.22. The van der Waals surface area contributed by atoms with E-state index in [0.717, 1.165) is 12.6 Å². The second-order valence-electron chi connectivity index (χ2n) is 4.83. The molecule has 1 nitrogen and oxygen atoms in total. The number of halogens is 1. The maximum atomic E-state index is 2.53. The average molecular weight is 329 g/mol. The van der Waals surface area contributed by atoms with E-state index in [4.69, 9.17) is 0 Å². The zero-order chi connectivity index (χ0) is 11.4. The van der Waals surface area contributed by atoms with E-state index in [1.54, 1.807) is 0 Å². The number of hydrogen-bond acceptors (Lipinski definition) is 1. The molecular formula is C14H20IN. The van der Waals surface area contributed by atoms with Crippen molar-refractivity contribution in [3.05, 3.63) is 33.4 Å². The summed E-state index contributed by atoms with van der Waals surface area (Å²) in [6, 6.07) is 9.71. The third kappa shape index (κ3) is 3.45. The summed E-state index contributed by atoms with van der Waals surface area (Å²) in [4.78, 5) is 2.53. The zero-order valence-electron chi connectivity index (χ0n) is 9.95. The van der Waals surface area contributed by atoms with Gasteiger partial charge in [0.05, 0.1) is 0 Å². The Bertz CT molecular complexity index is 314. The van der Waals surface area contributed by atoms with Crippen molar-refractivity contribution in [2.75, 3.05) is 7.05 Å². The number of hydrogen-bond donors (Lipinski definition) is 0. The Hall–Kier alpha value is -0.0900. The van der Waals surface area contributed by atoms with Gasteiger partial charge in [-0.2, -0.15) is 0 Å². The van der Waals surface area contributed by atoms with Gasteiger partial charge in [-0.3, -0.25) is 4.90 Å². The van der Waals surface area contributed by atoms with Gasteiger partial charge in [-0.25, -0.2) is 0 Å². The Kier molecular flexibility index (Phi) is 4.65. The lowest BCUT2D eigenvalue weighted by Crippen LogP contribution is -2.32. The molecule has 0 aromatic heterocycles. The van der Waals surface area contributed by atoms with E-state index in [-0.39, 0.29) is 0 Å². The van der Waals surface area contributed by atoms with Crippen LogP contribution in [0, 0.1) is 3.57 Å². The van der Waals surface area contributed by atoms with Crippen LogP contribution in [0.2, 0.25) is 0 Å². The molecule has 1 fully saturated rings. The molecule has 1 saturated carbocycles. The molecule has 1 aliphatic rings. The molecule has 1 aromatic rings. The summed E-state index contributed by atoms with van der Waals surface area (Å²) in [6.07, 6.45) is 7.05. The first kappa shape index (κ1) is 12.4. The van der Waals surface area contributed by atoms with E-state index in [9.17, 15) is 0 Å². The quantitative estimate of drug-likeness (QED) is 0.756. The minimum Gasteiger partial charge on any atom is -0.299 e. The highest BCUT2D eigenvalue weighted by Gasteiger charge is 2.17. The summed E-state index contributed by atoms with van der Waals surface area (Å²) < 4.78 is 1.32. The Morgan fingerprint density at radius 2 is 1.75 bits per heavy atom. The van der Waals surface area contributed by atoms with Gasteiger partial charge in [-0.15, -0.1) is 0 Å². The molecule has 0 amide bonds. The van der Waals surface area contributed by atoms with E-state index >= 15 is 0 Å². The van der Waals surface area contributed by atoms with Crippen molar-refractivity contribution < 1.29 is 0 Å². The summed E-state index contributed by atoms with van der Waals surface area (Å²) in [6.45, 7) is 1.10. The molecule has 88 valence electrons. The lowest BCUT2D eigenvalue weighted by molar-refractivity contribution is 0.184. The molecule has 0 unspecified atom stereocenters. The van der Waals surface area contributed by atoms with Crippen LogP contribution in [-0.4, -0.2) is 18.0 Å². The average Bonchev–Trinajstić information content (AvgIpc) is 2.33. The van der Waals surface area contributed by atoms with Crippen LogP contribution in [0.3, 0.4) is 0 Å². The van der Waals surface area contributed by atoms with Crippen LogP contribution in [0.5, 0.6) is 0 Å². The summed E-state index contributed by atoms with van der Waals surface area (Å²) in [5.41, 5.74) is 1.44. The Balaban J connectivity index is 1.90. The molecule has 0 saturated heterocycles. The molecular weight excluding hydrogens is 309 g/mol. The number of nitrogens with zero attached hydrogens (tertiary/aromatic N) is 1. The SMILES string of the molecule is CN(Cc1ccc(I)cc1)C1CCCCC1. The van der Waals surface area contributed by atoms with E-state index in [2.05, 4.69) is 58.8 Å². The van der Waals surface area contributed by atoms with Crippen LogP contribution in [-0.2, 0) is 6.54 Å². The molecule has 1 aliphatic carbocycles. The van der Waals surface area contributed by atoms with Crippen LogP contribution < -0.4 is 0 Å². The molecule has 0 heterocycles. The first-order valence-corrected chi connectivity index (χ1v) is 7.28. The summed E-state index contributed by atoms with van der Waals surface area (Å²) in [5, 5.41) is 0. The summed E-state index contributed by atoms with van der Waals surface area (Å²) in [7, 11) is 2.27. The molecule has 2 heteroatoms. The Morgan fingerprint density at radius 1 is 1.12 bits per heavy atom. The number of benzene rings is 1. The molecule has 2 rings (SSSR count). The third-order valence-electron chi connectivity index (χ3n) is 3.54. The second-order valence-corrected chi connectivity index (χ2v) is 6.08. The summed E-state index contributed by atoms with van der Waals surface area (Å²) >= 11 is 2.36. The van der Waals surface area contributed by atoms with Crippen molar-refractivity contribution in [3.8, 4) is 0 Å². The highest BCUT2D eigenvalue weighted by atomic mass is 127. The van der Waals surface area contributed by atoms with Gasteiger partial charge in [0.1, 0.15) is 0 Å². The van der Waals surface area contributed by atoms with Gasteiger partial charge in [-0.05, 0) is 60.2 Å². The first-order valence-electron chi connectivity index (χ1n) is 6.20. The van der Waals surface area contributed by atoms with Gasteiger partial charge < -0.3 is 0 Å². The molecule has 0 radical (unpaired) electrons. The van der Waals surface area contributed by atoms with E-state index in [1.165, 1.54) is 41.2 Å². The van der Waals surface area contributed by atoms with Crippen molar-refractivity contribution in [3.63, 3.8) is 0 Å². The van der Waals surface area contributed by atoms with Gasteiger partial charge in [0, 0.05) is 16.2 Å². The smallest absolute Gasteiger partial charge is 0.0233 e. The summed E-state index contributed by atoms with van der Waals surface area (Å²) in [5.74, 6) is 0. The molecule has 16 heavy (non-hydrogen) atoms. The van der Waals surface area contributed by atoms with Crippen LogP contribution in [0.15, 0.2) is 24.3 Å². The van der Waals surface area contributed by atoms with Crippen molar-refractivity contribution in [2.45, 2.75) is 44.7 Å². The van der Waals surface area contributed by atoms with Gasteiger partial charge in [0.25, 0.3) is 0 Å².